The number of benzene rings is 1. The number of hydrogen-bond donors (Lipinski definition) is 1. The van der Waals surface area contributed by atoms with E-state index in [1.54, 1.807) is 0 Å². The molecule has 1 aliphatic heterocycles. The van der Waals surface area contributed by atoms with Crippen molar-refractivity contribution >= 4 is 21.4 Å². The van der Waals surface area contributed by atoms with Gasteiger partial charge in [0.2, 0.25) is 10.0 Å². The number of piperidine rings is 1. The van der Waals surface area contributed by atoms with Gasteiger partial charge < -0.3 is 5.32 Å². The molecule has 1 aromatic carbocycles. The van der Waals surface area contributed by atoms with Crippen LogP contribution in [0.5, 0.6) is 0 Å². The maximum atomic E-state index is 12.7. The van der Waals surface area contributed by atoms with Crippen LogP contribution < -0.4 is 5.32 Å². The molecule has 0 bridgehead atoms. The minimum Gasteiger partial charge on any atom is -0.376 e. The Balaban J connectivity index is 1.88. The predicted molar refractivity (Wildman–Crippen MR) is 96.1 cm³/mol. The first-order valence-electron chi connectivity index (χ1n) is 8.68. The number of nitrogens with zero attached hydrogens (tertiary/aromatic N) is 2. The lowest BCUT2D eigenvalue weighted by atomic mass is 10.0. The Kier molecular flexibility index (Phi) is 5.39. The van der Waals surface area contributed by atoms with Gasteiger partial charge in [-0.3, -0.25) is 10.1 Å². The van der Waals surface area contributed by atoms with Gasteiger partial charge in [0, 0.05) is 25.2 Å². The second-order valence-electron chi connectivity index (χ2n) is 6.53. The number of anilines is 1. The van der Waals surface area contributed by atoms with Crippen molar-refractivity contribution in [2.75, 3.05) is 18.4 Å². The van der Waals surface area contributed by atoms with E-state index in [2.05, 4.69) is 17.5 Å². The van der Waals surface area contributed by atoms with Gasteiger partial charge in [-0.1, -0.05) is 18.6 Å². The van der Waals surface area contributed by atoms with Crippen LogP contribution in [0.4, 0.5) is 11.4 Å². The summed E-state index contributed by atoms with van der Waals surface area (Å²) < 4.78 is 26.9. The van der Waals surface area contributed by atoms with Crippen molar-refractivity contribution in [2.45, 2.75) is 49.5 Å². The molecule has 3 rings (SSSR count). The first kappa shape index (κ1) is 17.9. The maximum Gasteiger partial charge on any atom is 0.293 e. The van der Waals surface area contributed by atoms with E-state index < -0.39 is 14.9 Å². The summed E-state index contributed by atoms with van der Waals surface area (Å²) in [4.78, 5) is 10.9. The summed E-state index contributed by atoms with van der Waals surface area (Å²) >= 11 is 0. The summed E-state index contributed by atoms with van der Waals surface area (Å²) in [5, 5.41) is 14.6. The van der Waals surface area contributed by atoms with Gasteiger partial charge >= 0.3 is 0 Å². The van der Waals surface area contributed by atoms with E-state index >= 15 is 0 Å². The Morgan fingerprint density at radius 2 is 1.92 bits per heavy atom. The Labute approximate surface area is 147 Å². The first-order valence-corrected chi connectivity index (χ1v) is 10.1. The van der Waals surface area contributed by atoms with E-state index in [0.29, 0.717) is 18.8 Å². The Morgan fingerprint density at radius 3 is 2.56 bits per heavy atom. The third-order valence-electron chi connectivity index (χ3n) is 4.75. The monoisotopic (exact) mass is 365 g/mol. The van der Waals surface area contributed by atoms with E-state index in [-0.39, 0.29) is 16.6 Å². The zero-order chi connectivity index (χ0) is 17.9. The van der Waals surface area contributed by atoms with Crippen molar-refractivity contribution in [1.82, 2.24) is 4.31 Å². The molecule has 8 heteroatoms. The highest BCUT2D eigenvalue weighted by atomic mass is 32.2. The van der Waals surface area contributed by atoms with Crippen molar-refractivity contribution in [3.63, 3.8) is 0 Å². The van der Waals surface area contributed by atoms with Crippen molar-refractivity contribution in [3.8, 4) is 0 Å². The molecule has 1 unspecified atom stereocenters. The topological polar surface area (TPSA) is 92.5 Å². The molecule has 136 valence electrons. The Hall–Kier alpha value is -1.93. The lowest BCUT2D eigenvalue weighted by Crippen LogP contribution is -2.35. The van der Waals surface area contributed by atoms with Gasteiger partial charge in [-0.2, -0.15) is 4.31 Å². The van der Waals surface area contributed by atoms with Gasteiger partial charge in [0.05, 0.1) is 9.82 Å². The number of hydrogen-bond acceptors (Lipinski definition) is 5. The first-order chi connectivity index (χ1) is 12.0. The van der Waals surface area contributed by atoms with Crippen molar-refractivity contribution < 1.29 is 13.3 Å². The largest absolute Gasteiger partial charge is 0.376 e. The fourth-order valence-electron chi connectivity index (χ4n) is 3.34. The lowest BCUT2D eigenvalue weighted by molar-refractivity contribution is -0.384. The van der Waals surface area contributed by atoms with Gasteiger partial charge in [0.25, 0.3) is 5.69 Å². The van der Waals surface area contributed by atoms with Crippen LogP contribution in [0.25, 0.3) is 0 Å². The molecule has 1 atom stereocenters. The Bertz CT molecular complexity index is 770. The number of sulfonamides is 1. The molecule has 0 saturated carbocycles. The molecule has 1 saturated heterocycles. The molecule has 1 aliphatic carbocycles. The zero-order valence-corrected chi connectivity index (χ0v) is 14.9. The van der Waals surface area contributed by atoms with E-state index in [1.165, 1.54) is 22.5 Å². The summed E-state index contributed by atoms with van der Waals surface area (Å²) in [6.07, 6.45) is 9.49. The minimum absolute atomic E-state index is 0.00445. The SMILES string of the molecule is O=[N+]([O-])c1cc(S(=O)(=O)N2CCCCC2)ccc1NC1CC=CCC1. The molecule has 0 radical (unpaired) electrons. The maximum absolute atomic E-state index is 12.7. The molecule has 1 N–H and O–H groups in total. The second kappa shape index (κ2) is 7.53. The third kappa shape index (κ3) is 4.01. The fourth-order valence-corrected chi connectivity index (χ4v) is 4.88. The number of nitro groups is 1. The Morgan fingerprint density at radius 1 is 1.16 bits per heavy atom. The third-order valence-corrected chi connectivity index (χ3v) is 6.64. The summed E-state index contributed by atoms with van der Waals surface area (Å²) in [6.45, 7) is 0.953. The molecular formula is C17H23N3O4S. The van der Waals surface area contributed by atoms with Crippen LogP contribution in [0.1, 0.15) is 38.5 Å². The molecule has 0 spiro atoms. The van der Waals surface area contributed by atoms with Gasteiger partial charge in [-0.25, -0.2) is 8.42 Å². The molecule has 1 fully saturated rings. The van der Waals surface area contributed by atoms with Crippen LogP contribution in [-0.2, 0) is 10.0 Å². The molecule has 0 amide bonds. The summed E-state index contributed by atoms with van der Waals surface area (Å²) in [6, 6.07) is 4.31. The molecule has 25 heavy (non-hydrogen) atoms. The van der Waals surface area contributed by atoms with E-state index in [4.69, 9.17) is 0 Å². The average molecular weight is 365 g/mol. The molecule has 7 nitrogen and oxygen atoms in total. The van der Waals surface area contributed by atoms with E-state index in [0.717, 1.165) is 38.5 Å². The van der Waals surface area contributed by atoms with E-state index in [1.807, 2.05) is 0 Å². The van der Waals surface area contributed by atoms with E-state index in [9.17, 15) is 18.5 Å². The predicted octanol–water partition coefficient (Wildman–Crippen LogP) is 3.29. The van der Waals surface area contributed by atoms with Crippen molar-refractivity contribution in [3.05, 3.63) is 40.5 Å². The molecule has 0 aromatic heterocycles. The molecule has 1 aromatic rings. The normalized spacial score (nSPS) is 21.8. The highest BCUT2D eigenvalue weighted by molar-refractivity contribution is 7.89. The van der Waals surface area contributed by atoms with Gasteiger partial charge in [-0.05, 0) is 44.2 Å². The van der Waals surface area contributed by atoms with Crippen LogP contribution >= 0.6 is 0 Å². The van der Waals surface area contributed by atoms with Gasteiger partial charge in [-0.15, -0.1) is 0 Å². The minimum atomic E-state index is -3.68. The van der Waals surface area contributed by atoms with Gasteiger partial charge in [0.15, 0.2) is 0 Å². The standard InChI is InChI=1S/C17H23N3O4S/c21-20(22)17-13-15(25(23,24)19-11-5-2-6-12-19)9-10-16(17)18-14-7-3-1-4-8-14/h1,3,9-10,13-14,18H,2,4-8,11-12H2. The van der Waals surface area contributed by atoms with Crippen molar-refractivity contribution in [2.24, 2.45) is 0 Å². The summed E-state index contributed by atoms with van der Waals surface area (Å²) in [5.41, 5.74) is 0.190. The fraction of sp³-hybridized carbons (Fsp3) is 0.529. The molecule has 2 aliphatic rings. The highest BCUT2D eigenvalue weighted by Gasteiger charge is 2.29. The second-order valence-corrected chi connectivity index (χ2v) is 8.46. The van der Waals surface area contributed by atoms with Crippen LogP contribution in [0, 0.1) is 10.1 Å². The quantitative estimate of drug-likeness (QED) is 0.491. The van der Waals surface area contributed by atoms with Crippen LogP contribution in [0.3, 0.4) is 0 Å². The number of nitro benzene ring substituents is 1. The van der Waals surface area contributed by atoms with Crippen LogP contribution in [0.2, 0.25) is 0 Å². The smallest absolute Gasteiger partial charge is 0.293 e. The number of rotatable bonds is 5. The summed E-state index contributed by atoms with van der Waals surface area (Å²) in [5.74, 6) is 0. The van der Waals surface area contributed by atoms with Crippen molar-refractivity contribution in [1.29, 1.82) is 0 Å². The zero-order valence-electron chi connectivity index (χ0n) is 14.1. The highest BCUT2D eigenvalue weighted by Crippen LogP contribution is 2.31. The number of allylic oxidation sites excluding steroid dienone is 1. The summed E-state index contributed by atoms with van der Waals surface area (Å²) in [7, 11) is -3.68. The lowest BCUT2D eigenvalue weighted by Gasteiger charge is -2.26. The van der Waals surface area contributed by atoms with Crippen LogP contribution in [0.15, 0.2) is 35.2 Å². The number of nitrogens with one attached hydrogen (secondary N) is 1. The average Bonchev–Trinajstić information content (AvgIpc) is 2.63. The van der Waals surface area contributed by atoms with Gasteiger partial charge in [0.1, 0.15) is 5.69 Å². The van der Waals surface area contributed by atoms with Crippen LogP contribution in [-0.4, -0.2) is 36.8 Å². The molecular weight excluding hydrogens is 342 g/mol. The molecule has 1 heterocycles.